The molecular formula is C17H33NO2S. The normalized spacial score (nSPS) is 35.3. The van der Waals surface area contributed by atoms with Crippen molar-refractivity contribution < 1.29 is 8.42 Å². The van der Waals surface area contributed by atoms with E-state index in [4.69, 9.17) is 5.73 Å². The van der Waals surface area contributed by atoms with Crippen LogP contribution in [0.2, 0.25) is 0 Å². The van der Waals surface area contributed by atoms with Gasteiger partial charge in [0.15, 0.2) is 0 Å². The maximum absolute atomic E-state index is 11.9. The zero-order valence-electron chi connectivity index (χ0n) is 14.4. The predicted octanol–water partition coefficient (Wildman–Crippen LogP) is 3.52. The molecule has 0 saturated heterocycles. The van der Waals surface area contributed by atoms with Crippen LogP contribution in [0.5, 0.6) is 0 Å². The molecule has 3 nitrogen and oxygen atoms in total. The Morgan fingerprint density at radius 2 is 1.48 bits per heavy atom. The van der Waals surface area contributed by atoms with Gasteiger partial charge in [-0.2, -0.15) is 0 Å². The zero-order valence-corrected chi connectivity index (χ0v) is 15.2. The van der Waals surface area contributed by atoms with Gasteiger partial charge in [0.05, 0.1) is 5.25 Å². The van der Waals surface area contributed by atoms with Gasteiger partial charge in [0.1, 0.15) is 9.84 Å². The monoisotopic (exact) mass is 315 g/mol. The molecule has 2 aliphatic carbocycles. The van der Waals surface area contributed by atoms with Crippen molar-refractivity contribution in [3.05, 3.63) is 0 Å². The first-order chi connectivity index (χ1) is 9.33. The molecule has 0 radical (unpaired) electrons. The summed E-state index contributed by atoms with van der Waals surface area (Å²) in [6.45, 7) is 9.25. The summed E-state index contributed by atoms with van der Waals surface area (Å²) in [5.41, 5.74) is 7.19. The number of rotatable bonds is 2. The van der Waals surface area contributed by atoms with E-state index in [1.165, 1.54) is 12.7 Å². The number of nitrogens with two attached hydrogens (primary N) is 1. The van der Waals surface area contributed by atoms with E-state index in [2.05, 4.69) is 27.7 Å². The van der Waals surface area contributed by atoms with Gasteiger partial charge < -0.3 is 5.73 Å². The largest absolute Gasteiger partial charge is 0.325 e. The van der Waals surface area contributed by atoms with Crippen LogP contribution in [0.4, 0.5) is 0 Å². The van der Waals surface area contributed by atoms with E-state index in [1.807, 2.05) is 0 Å². The fraction of sp³-hybridized carbons (Fsp3) is 1.00. The van der Waals surface area contributed by atoms with Gasteiger partial charge in [-0.3, -0.25) is 0 Å². The Kier molecular flexibility index (Phi) is 4.30. The van der Waals surface area contributed by atoms with Crippen molar-refractivity contribution in [2.75, 3.05) is 6.26 Å². The van der Waals surface area contributed by atoms with Gasteiger partial charge in [0.2, 0.25) is 0 Å². The first kappa shape index (κ1) is 17.3. The minimum atomic E-state index is -2.94. The second-order valence-electron chi connectivity index (χ2n) is 9.41. The van der Waals surface area contributed by atoms with Crippen LogP contribution in [0.3, 0.4) is 0 Å². The minimum absolute atomic E-state index is 0.176. The molecule has 2 aliphatic rings. The second-order valence-corrected chi connectivity index (χ2v) is 11.7. The number of hydrogen-bond donors (Lipinski definition) is 1. The van der Waals surface area contributed by atoms with Crippen LogP contribution in [-0.4, -0.2) is 25.5 Å². The third-order valence-electron chi connectivity index (χ3n) is 5.62. The van der Waals surface area contributed by atoms with E-state index in [9.17, 15) is 8.42 Å². The third-order valence-corrected chi connectivity index (χ3v) is 7.26. The maximum atomic E-state index is 11.9. The Labute approximate surface area is 131 Å². The highest BCUT2D eigenvalue weighted by molar-refractivity contribution is 7.91. The Balaban J connectivity index is 2.22. The lowest BCUT2D eigenvalue weighted by Crippen LogP contribution is -2.58. The van der Waals surface area contributed by atoms with E-state index in [0.29, 0.717) is 5.92 Å². The Morgan fingerprint density at radius 1 is 0.952 bits per heavy atom. The van der Waals surface area contributed by atoms with Crippen molar-refractivity contribution in [2.45, 2.75) is 83.4 Å². The molecule has 4 heteroatoms. The van der Waals surface area contributed by atoms with Crippen LogP contribution in [0.1, 0.15) is 72.6 Å². The highest BCUT2D eigenvalue weighted by atomic mass is 32.2. The first-order valence-electron chi connectivity index (χ1n) is 8.31. The first-order valence-corrected chi connectivity index (χ1v) is 10.3. The highest BCUT2D eigenvalue weighted by Gasteiger charge is 2.50. The number of sulfone groups is 1. The van der Waals surface area contributed by atoms with Crippen LogP contribution < -0.4 is 5.73 Å². The zero-order chi connectivity index (χ0) is 16.1. The molecule has 0 spiro atoms. The lowest BCUT2D eigenvalue weighted by Gasteiger charge is -2.54. The fourth-order valence-electron chi connectivity index (χ4n) is 5.61. The molecule has 2 rings (SSSR count). The van der Waals surface area contributed by atoms with Crippen LogP contribution in [0.25, 0.3) is 0 Å². The van der Waals surface area contributed by atoms with Crippen molar-refractivity contribution in [2.24, 2.45) is 22.5 Å². The maximum Gasteiger partial charge on any atom is 0.150 e. The average molecular weight is 316 g/mol. The summed E-state index contributed by atoms with van der Waals surface area (Å²) < 4.78 is 23.9. The highest BCUT2D eigenvalue weighted by Crippen LogP contribution is 2.53. The second kappa shape index (κ2) is 5.23. The summed E-state index contributed by atoms with van der Waals surface area (Å²) in [6.07, 6.45) is 8.30. The van der Waals surface area contributed by atoms with Crippen molar-refractivity contribution in [1.29, 1.82) is 0 Å². The summed E-state index contributed by atoms with van der Waals surface area (Å²) >= 11 is 0. The lowest BCUT2D eigenvalue weighted by molar-refractivity contribution is 0.00832. The summed E-state index contributed by atoms with van der Waals surface area (Å²) in [4.78, 5) is 0. The van der Waals surface area contributed by atoms with Gasteiger partial charge in [0, 0.05) is 11.8 Å². The van der Waals surface area contributed by atoms with Crippen molar-refractivity contribution in [3.63, 3.8) is 0 Å². The summed E-state index contributed by atoms with van der Waals surface area (Å²) in [5, 5.41) is -0.176. The molecule has 0 aromatic rings. The SMILES string of the molecule is CC1(C)CC(C)(C)CC(N)(C2CCCC(S(C)(=O)=O)C2)C1. The Hall–Kier alpha value is -0.0900. The molecule has 2 fully saturated rings. The van der Waals surface area contributed by atoms with Gasteiger partial charge in [-0.15, -0.1) is 0 Å². The van der Waals surface area contributed by atoms with Gasteiger partial charge in [-0.05, 0) is 55.3 Å². The van der Waals surface area contributed by atoms with E-state index < -0.39 is 9.84 Å². The molecule has 2 unspecified atom stereocenters. The molecule has 0 aliphatic heterocycles. The van der Waals surface area contributed by atoms with Crippen molar-refractivity contribution in [3.8, 4) is 0 Å². The summed E-state index contributed by atoms with van der Waals surface area (Å²) in [6, 6.07) is 0. The van der Waals surface area contributed by atoms with Crippen molar-refractivity contribution in [1.82, 2.24) is 0 Å². The molecule has 2 atom stereocenters. The van der Waals surface area contributed by atoms with E-state index >= 15 is 0 Å². The topological polar surface area (TPSA) is 60.2 Å². The molecule has 124 valence electrons. The van der Waals surface area contributed by atoms with E-state index in [-0.39, 0.29) is 21.6 Å². The molecule has 21 heavy (non-hydrogen) atoms. The van der Waals surface area contributed by atoms with Gasteiger partial charge >= 0.3 is 0 Å². The van der Waals surface area contributed by atoms with Gasteiger partial charge in [-0.25, -0.2) is 8.42 Å². The summed E-state index contributed by atoms with van der Waals surface area (Å²) in [7, 11) is -2.94. The predicted molar refractivity (Wildman–Crippen MR) is 88.9 cm³/mol. The Bertz CT molecular complexity index is 477. The number of hydrogen-bond acceptors (Lipinski definition) is 3. The molecule has 0 heterocycles. The molecule has 0 aromatic heterocycles. The molecule has 2 saturated carbocycles. The summed E-state index contributed by atoms with van der Waals surface area (Å²) in [5.74, 6) is 0.352. The minimum Gasteiger partial charge on any atom is -0.325 e. The standard InChI is InChI=1S/C17H33NO2S/c1-15(2)10-16(3,4)12-17(18,11-15)13-7-6-8-14(9-13)21(5,19)20/h13-14H,6-12,18H2,1-5H3. The van der Waals surface area contributed by atoms with Crippen LogP contribution in [0.15, 0.2) is 0 Å². The van der Waals surface area contributed by atoms with Crippen molar-refractivity contribution >= 4 is 9.84 Å². The smallest absolute Gasteiger partial charge is 0.150 e. The van der Waals surface area contributed by atoms with E-state index in [0.717, 1.165) is 38.5 Å². The van der Waals surface area contributed by atoms with E-state index in [1.54, 1.807) is 0 Å². The van der Waals surface area contributed by atoms with Crippen LogP contribution >= 0.6 is 0 Å². The van der Waals surface area contributed by atoms with Gasteiger partial charge in [0.25, 0.3) is 0 Å². The Morgan fingerprint density at radius 3 is 1.95 bits per heavy atom. The molecule has 2 N–H and O–H groups in total. The third kappa shape index (κ3) is 4.01. The fourth-order valence-corrected chi connectivity index (χ4v) is 6.79. The van der Waals surface area contributed by atoms with Crippen LogP contribution in [0, 0.1) is 16.7 Å². The quantitative estimate of drug-likeness (QED) is 0.848. The molecule has 0 bridgehead atoms. The van der Waals surface area contributed by atoms with Crippen LogP contribution in [-0.2, 0) is 9.84 Å². The molecule has 0 amide bonds. The lowest BCUT2D eigenvalue weighted by atomic mass is 9.54. The molecule has 0 aromatic carbocycles. The average Bonchev–Trinajstić information content (AvgIpc) is 2.23. The van der Waals surface area contributed by atoms with Gasteiger partial charge in [-0.1, -0.05) is 34.1 Å². The molecular weight excluding hydrogens is 282 g/mol.